The molecular formula is C17H25N3O2. The van der Waals surface area contributed by atoms with Crippen LogP contribution in [0.4, 0.5) is 4.79 Å². The molecule has 5 nitrogen and oxygen atoms in total. The Hall–Kier alpha value is -2.04. The van der Waals surface area contributed by atoms with Gasteiger partial charge in [0.15, 0.2) is 0 Å². The van der Waals surface area contributed by atoms with E-state index in [1.807, 2.05) is 43.7 Å². The Bertz CT molecular complexity index is 668. The maximum absolute atomic E-state index is 12.0. The molecule has 0 aliphatic rings. The highest BCUT2D eigenvalue weighted by molar-refractivity contribution is 5.67. The van der Waals surface area contributed by atoms with E-state index in [1.54, 1.807) is 11.9 Å². The molecule has 0 aliphatic heterocycles. The van der Waals surface area contributed by atoms with E-state index in [9.17, 15) is 4.79 Å². The molecular weight excluding hydrogens is 278 g/mol. The second kappa shape index (κ2) is 5.99. The minimum absolute atomic E-state index is 0.323. The number of nitrogens with zero attached hydrogens (tertiary/aromatic N) is 3. The first-order chi connectivity index (χ1) is 10.2. The topological polar surface area (TPSA) is 46.8 Å². The lowest BCUT2D eigenvalue weighted by atomic mass is 10.1. The number of amides is 1. The van der Waals surface area contributed by atoms with Crippen LogP contribution in [0.25, 0.3) is 5.52 Å². The molecule has 0 aromatic carbocycles. The van der Waals surface area contributed by atoms with E-state index in [-0.39, 0.29) is 6.09 Å². The quantitative estimate of drug-likeness (QED) is 0.866. The summed E-state index contributed by atoms with van der Waals surface area (Å²) < 4.78 is 7.23. The fourth-order valence-electron chi connectivity index (χ4n) is 2.26. The van der Waals surface area contributed by atoms with Gasteiger partial charge in [0.05, 0.1) is 18.3 Å². The molecule has 2 aromatic rings. The van der Waals surface area contributed by atoms with Crippen LogP contribution < -0.4 is 0 Å². The van der Waals surface area contributed by atoms with Gasteiger partial charge in [-0.25, -0.2) is 9.31 Å². The molecule has 0 unspecified atom stereocenters. The minimum Gasteiger partial charge on any atom is -0.444 e. The molecule has 0 radical (unpaired) electrons. The third-order valence-corrected chi connectivity index (χ3v) is 3.35. The molecule has 2 heterocycles. The highest BCUT2D eigenvalue weighted by Crippen LogP contribution is 2.21. The molecule has 0 saturated carbocycles. The van der Waals surface area contributed by atoms with Crippen LogP contribution in [0.15, 0.2) is 24.5 Å². The lowest BCUT2D eigenvalue weighted by Crippen LogP contribution is -2.33. The van der Waals surface area contributed by atoms with Crippen molar-refractivity contribution < 1.29 is 9.53 Å². The lowest BCUT2D eigenvalue weighted by Gasteiger charge is -2.24. The van der Waals surface area contributed by atoms with Crippen molar-refractivity contribution in [2.45, 2.75) is 52.7 Å². The normalized spacial score (nSPS) is 12.0. The highest BCUT2D eigenvalue weighted by atomic mass is 16.6. The van der Waals surface area contributed by atoms with Gasteiger partial charge < -0.3 is 9.64 Å². The summed E-state index contributed by atoms with van der Waals surface area (Å²) >= 11 is 0. The first-order valence-corrected chi connectivity index (χ1v) is 7.57. The van der Waals surface area contributed by atoms with Crippen LogP contribution in [-0.4, -0.2) is 33.3 Å². The Morgan fingerprint density at radius 3 is 2.64 bits per heavy atom. The zero-order valence-electron chi connectivity index (χ0n) is 14.3. The molecule has 0 atom stereocenters. The van der Waals surface area contributed by atoms with E-state index < -0.39 is 5.60 Å². The Balaban J connectivity index is 2.13. The average molecular weight is 303 g/mol. The van der Waals surface area contributed by atoms with Crippen LogP contribution in [0.1, 0.15) is 51.7 Å². The van der Waals surface area contributed by atoms with Gasteiger partial charge in [-0.15, -0.1) is 0 Å². The number of rotatable bonds is 3. The van der Waals surface area contributed by atoms with Crippen molar-refractivity contribution in [2.75, 3.05) is 7.05 Å². The number of hydrogen-bond acceptors (Lipinski definition) is 3. The molecule has 1 amide bonds. The zero-order valence-corrected chi connectivity index (χ0v) is 14.3. The van der Waals surface area contributed by atoms with Crippen LogP contribution in [-0.2, 0) is 11.3 Å². The first-order valence-electron chi connectivity index (χ1n) is 7.57. The molecule has 2 aromatic heterocycles. The summed E-state index contributed by atoms with van der Waals surface area (Å²) in [5.41, 5.74) is 2.87. The largest absolute Gasteiger partial charge is 0.444 e. The van der Waals surface area contributed by atoms with E-state index in [0.29, 0.717) is 12.5 Å². The fourth-order valence-corrected chi connectivity index (χ4v) is 2.26. The molecule has 0 bridgehead atoms. The van der Waals surface area contributed by atoms with Crippen molar-refractivity contribution in [3.8, 4) is 0 Å². The molecule has 2 rings (SSSR count). The second-order valence-corrected chi connectivity index (χ2v) is 6.96. The van der Waals surface area contributed by atoms with Crippen molar-refractivity contribution in [3.05, 3.63) is 35.7 Å². The molecule has 0 saturated heterocycles. The number of carbonyl (C=O) groups excluding carboxylic acids is 1. The molecule has 0 aliphatic carbocycles. The van der Waals surface area contributed by atoms with Crippen molar-refractivity contribution >= 4 is 11.6 Å². The standard InChI is InChI=1S/C17H25N3O2/c1-12(2)14-9-18-20-11-13(7-8-15(14)20)10-19(6)16(21)22-17(3,4)5/h7-9,11-12H,10H2,1-6H3. The minimum atomic E-state index is -0.483. The van der Waals surface area contributed by atoms with Crippen LogP contribution in [0.3, 0.4) is 0 Å². The second-order valence-electron chi connectivity index (χ2n) is 6.96. The summed E-state index contributed by atoms with van der Waals surface area (Å²) in [5.74, 6) is 0.438. The molecule has 22 heavy (non-hydrogen) atoms. The maximum atomic E-state index is 12.0. The Morgan fingerprint density at radius 1 is 1.36 bits per heavy atom. The molecule has 0 spiro atoms. The van der Waals surface area contributed by atoms with Gasteiger partial charge in [0.1, 0.15) is 5.60 Å². The predicted octanol–water partition coefficient (Wildman–Crippen LogP) is 3.82. The Labute approximate surface area is 131 Å². The molecule has 0 fully saturated rings. The van der Waals surface area contributed by atoms with Gasteiger partial charge in [-0.1, -0.05) is 19.9 Å². The monoisotopic (exact) mass is 303 g/mol. The van der Waals surface area contributed by atoms with Crippen LogP contribution >= 0.6 is 0 Å². The van der Waals surface area contributed by atoms with Crippen molar-refractivity contribution in [3.63, 3.8) is 0 Å². The Kier molecular flexibility index (Phi) is 4.44. The van der Waals surface area contributed by atoms with Gasteiger partial charge in [-0.05, 0) is 38.3 Å². The van der Waals surface area contributed by atoms with E-state index >= 15 is 0 Å². The Morgan fingerprint density at radius 2 is 2.05 bits per heavy atom. The zero-order chi connectivity index (χ0) is 16.5. The van der Waals surface area contributed by atoms with Crippen molar-refractivity contribution in [2.24, 2.45) is 0 Å². The van der Waals surface area contributed by atoms with E-state index in [1.165, 1.54) is 5.56 Å². The van der Waals surface area contributed by atoms with Crippen molar-refractivity contribution in [1.29, 1.82) is 0 Å². The van der Waals surface area contributed by atoms with Gasteiger partial charge >= 0.3 is 6.09 Å². The fraction of sp³-hybridized carbons (Fsp3) is 0.529. The summed E-state index contributed by atoms with van der Waals surface area (Å²) in [6, 6.07) is 4.09. The van der Waals surface area contributed by atoms with Gasteiger partial charge in [-0.2, -0.15) is 5.10 Å². The predicted molar refractivity (Wildman–Crippen MR) is 87.0 cm³/mol. The summed E-state index contributed by atoms with van der Waals surface area (Å²) in [6.07, 6.45) is 3.54. The SMILES string of the molecule is CC(C)c1cnn2cc(CN(C)C(=O)OC(C)(C)C)ccc12. The number of hydrogen-bond donors (Lipinski definition) is 0. The van der Waals surface area contributed by atoms with Crippen LogP contribution in [0, 0.1) is 0 Å². The van der Waals surface area contributed by atoms with E-state index in [0.717, 1.165) is 11.1 Å². The van der Waals surface area contributed by atoms with Gasteiger partial charge in [0, 0.05) is 18.8 Å². The summed E-state index contributed by atoms with van der Waals surface area (Å²) in [4.78, 5) is 13.6. The number of aromatic nitrogens is 2. The van der Waals surface area contributed by atoms with Crippen molar-refractivity contribution in [1.82, 2.24) is 14.5 Å². The summed E-state index contributed by atoms with van der Waals surface area (Å²) in [7, 11) is 1.74. The number of pyridine rings is 1. The van der Waals surface area contributed by atoms with Crippen LogP contribution in [0.2, 0.25) is 0 Å². The number of ether oxygens (including phenoxy) is 1. The lowest BCUT2D eigenvalue weighted by molar-refractivity contribution is 0.0285. The molecule has 120 valence electrons. The molecule has 5 heteroatoms. The third kappa shape index (κ3) is 3.78. The van der Waals surface area contributed by atoms with Gasteiger partial charge in [-0.3, -0.25) is 0 Å². The number of carbonyl (C=O) groups is 1. The number of fused-ring (bicyclic) bond motifs is 1. The van der Waals surface area contributed by atoms with E-state index in [2.05, 4.69) is 25.0 Å². The summed E-state index contributed by atoms with van der Waals surface area (Å²) in [5, 5.41) is 4.39. The first kappa shape index (κ1) is 16.3. The summed E-state index contributed by atoms with van der Waals surface area (Å²) in [6.45, 7) is 10.4. The molecule has 0 N–H and O–H groups in total. The smallest absolute Gasteiger partial charge is 0.410 e. The van der Waals surface area contributed by atoms with Gasteiger partial charge in [0.25, 0.3) is 0 Å². The van der Waals surface area contributed by atoms with Gasteiger partial charge in [0.2, 0.25) is 0 Å². The average Bonchev–Trinajstić information content (AvgIpc) is 2.79. The maximum Gasteiger partial charge on any atom is 0.410 e. The highest BCUT2D eigenvalue weighted by Gasteiger charge is 2.19. The van der Waals surface area contributed by atoms with Crippen LogP contribution in [0.5, 0.6) is 0 Å². The van der Waals surface area contributed by atoms with E-state index in [4.69, 9.17) is 4.74 Å². The third-order valence-electron chi connectivity index (χ3n) is 3.35.